The van der Waals surface area contributed by atoms with Gasteiger partial charge in [0.1, 0.15) is 0 Å². The zero-order valence-corrected chi connectivity index (χ0v) is 14.1. The Bertz CT molecular complexity index is 111. The Morgan fingerprint density at radius 1 is 1.00 bits per heavy atom. The van der Waals surface area contributed by atoms with Crippen molar-refractivity contribution in [2.24, 2.45) is 0 Å². The molecule has 8 nitrogen and oxygen atoms in total. The summed E-state index contributed by atoms with van der Waals surface area (Å²) in [6, 6.07) is 0. The molecule has 0 radical (unpaired) electrons. The molecule has 0 saturated heterocycles. The monoisotopic (exact) mass is 342 g/mol. The molecule has 0 rings (SSSR count). The topological polar surface area (TPSA) is 170 Å². The third-order valence-corrected chi connectivity index (χ3v) is 0. The molecular formula is H3O8PSiSrZn. The van der Waals surface area contributed by atoms with E-state index in [1.54, 1.807) is 0 Å². The van der Waals surface area contributed by atoms with Crippen molar-refractivity contribution in [3.8, 4) is 0 Å². The molecule has 0 aromatic carbocycles. The molecule has 0 heterocycles. The van der Waals surface area contributed by atoms with Crippen LogP contribution in [-0.2, 0) is 24.0 Å². The van der Waals surface area contributed by atoms with Crippen molar-refractivity contribution in [2.45, 2.75) is 0 Å². The Morgan fingerprint density at radius 2 is 1.00 bits per heavy atom. The first-order valence-corrected chi connectivity index (χ1v) is 4.80. The largest absolute Gasteiger partial charge is 2.00 e. The van der Waals surface area contributed by atoms with Crippen LogP contribution in [0.5, 0.6) is 0 Å². The molecule has 12 heteroatoms. The number of phosphoric acid groups is 1. The van der Waals surface area contributed by atoms with Crippen LogP contribution < -0.4 is 19.2 Å². The van der Waals surface area contributed by atoms with E-state index in [-0.39, 0.29) is 65.0 Å². The van der Waals surface area contributed by atoms with E-state index in [0.29, 0.717) is 0 Å². The van der Waals surface area contributed by atoms with Crippen LogP contribution in [0.2, 0.25) is 0 Å². The first-order chi connectivity index (χ1) is 4.00. The Morgan fingerprint density at radius 3 is 1.00 bits per heavy atom. The molecule has 3 N–H and O–H groups in total. The average Bonchev–Trinajstić information content (AvgIpc) is 1.12. The minimum Gasteiger partial charge on any atom is -0.894 e. The standard InChI is InChI=1S/H3O4P.O4Si.Sr.Zn/c2*1-5(2,3)4;;/h(H3,1,2,3,4);;;/q;-4;2*+2. The Hall–Kier alpha value is 2.27. The summed E-state index contributed by atoms with van der Waals surface area (Å²) in [6.07, 6.45) is 0. The minimum atomic E-state index is -5.61. The van der Waals surface area contributed by atoms with E-state index in [4.69, 9.17) is 38.4 Å². The zero-order valence-electron chi connectivity index (χ0n) is 5.74. The molecule has 64 valence electrons. The van der Waals surface area contributed by atoms with Gasteiger partial charge < -0.3 is 42.9 Å². The number of rotatable bonds is 0. The molecule has 0 bridgehead atoms. The maximum absolute atomic E-state index is 8.88. The first-order valence-electron chi connectivity index (χ1n) is 1.60. The van der Waals surface area contributed by atoms with Crippen LogP contribution >= 0.6 is 7.82 Å². The van der Waals surface area contributed by atoms with Gasteiger partial charge in [-0.2, -0.15) is 0 Å². The first kappa shape index (κ1) is 23.8. The van der Waals surface area contributed by atoms with E-state index in [1.807, 2.05) is 0 Å². The van der Waals surface area contributed by atoms with Crippen molar-refractivity contribution < 1.29 is 57.9 Å². The summed E-state index contributed by atoms with van der Waals surface area (Å²) in [7, 11) is -10.2. The molecule has 0 amide bonds. The third-order valence-electron chi connectivity index (χ3n) is 0. The van der Waals surface area contributed by atoms with Crippen LogP contribution in [0.1, 0.15) is 0 Å². The summed E-state index contributed by atoms with van der Waals surface area (Å²) in [5.41, 5.74) is 0. The van der Waals surface area contributed by atoms with Gasteiger partial charge in [0.25, 0.3) is 0 Å². The van der Waals surface area contributed by atoms with Crippen LogP contribution in [0.25, 0.3) is 0 Å². The fourth-order valence-corrected chi connectivity index (χ4v) is 0. The third kappa shape index (κ3) is 302. The normalized spacial score (nSPS) is 9.92. The SMILES string of the molecule is O=P(O)(O)O.[O-][Si]([O-])([O-])[O-].[Sr+2].[Zn+2]. The second-order valence-corrected chi connectivity index (χ2v) is 3.04. The van der Waals surface area contributed by atoms with Crippen molar-refractivity contribution in [3.05, 3.63) is 0 Å². The summed E-state index contributed by atoms with van der Waals surface area (Å²) in [5, 5.41) is 0. The predicted octanol–water partition coefficient (Wildman–Crippen LogP) is -6.45. The average molecular weight is 343 g/mol. The van der Waals surface area contributed by atoms with Gasteiger partial charge in [-0.3, -0.25) is 0 Å². The summed E-state index contributed by atoms with van der Waals surface area (Å²) in [4.78, 5) is 55.9. The molecular weight excluding hydrogens is 340 g/mol. The second kappa shape index (κ2) is 9.81. The predicted molar refractivity (Wildman–Crippen MR) is 25.8 cm³/mol. The van der Waals surface area contributed by atoms with Crippen molar-refractivity contribution in [2.75, 3.05) is 0 Å². The van der Waals surface area contributed by atoms with E-state index in [9.17, 15) is 0 Å². The van der Waals surface area contributed by atoms with Gasteiger partial charge >= 0.3 is 72.8 Å². The van der Waals surface area contributed by atoms with Gasteiger partial charge in [0.05, 0.1) is 0 Å². The van der Waals surface area contributed by atoms with Crippen LogP contribution in [-0.4, -0.2) is 69.2 Å². The fraction of sp³-hybridized carbons (Fsp3) is 0. The molecule has 0 saturated carbocycles. The Labute approximate surface area is 119 Å². The van der Waals surface area contributed by atoms with Gasteiger partial charge in [-0.1, -0.05) is 0 Å². The summed E-state index contributed by atoms with van der Waals surface area (Å²) < 4.78 is 8.88. The molecule has 0 spiro atoms. The summed E-state index contributed by atoms with van der Waals surface area (Å²) in [5.74, 6) is 0. The molecule has 0 fully saturated rings. The smallest absolute Gasteiger partial charge is 0.894 e. The maximum atomic E-state index is 8.88. The second-order valence-electron chi connectivity index (χ2n) is 1.01. The van der Waals surface area contributed by atoms with Crippen LogP contribution in [0.15, 0.2) is 0 Å². The van der Waals surface area contributed by atoms with Gasteiger partial charge in [0, 0.05) is 0 Å². The summed E-state index contributed by atoms with van der Waals surface area (Å²) >= 11 is 0. The van der Waals surface area contributed by atoms with Gasteiger partial charge in [0.2, 0.25) is 0 Å². The number of hydrogen-bond donors (Lipinski definition) is 3. The van der Waals surface area contributed by atoms with E-state index in [0.717, 1.165) is 0 Å². The maximum Gasteiger partial charge on any atom is 2.00 e. The Balaban J connectivity index is -0.0000000457. The molecule has 0 aromatic heterocycles. The van der Waals surface area contributed by atoms with Gasteiger partial charge in [-0.05, 0) is 0 Å². The van der Waals surface area contributed by atoms with E-state index in [2.05, 4.69) is 0 Å². The van der Waals surface area contributed by atoms with Gasteiger partial charge in [-0.15, -0.1) is 0 Å². The molecule has 0 aromatic rings. The van der Waals surface area contributed by atoms with Crippen molar-refractivity contribution in [3.63, 3.8) is 0 Å². The van der Waals surface area contributed by atoms with Crippen LogP contribution in [0, 0.1) is 0 Å². The van der Waals surface area contributed by atoms with Gasteiger partial charge in [0.15, 0.2) is 0 Å². The molecule has 12 heavy (non-hydrogen) atoms. The quantitative estimate of drug-likeness (QED) is 0.288. The number of hydrogen-bond acceptors (Lipinski definition) is 5. The zero-order chi connectivity index (χ0) is 9.00. The van der Waals surface area contributed by atoms with Crippen LogP contribution in [0.4, 0.5) is 0 Å². The Kier molecular flexibility index (Phi) is 19.5. The van der Waals surface area contributed by atoms with Crippen molar-refractivity contribution >= 4 is 62.4 Å². The van der Waals surface area contributed by atoms with E-state index in [1.165, 1.54) is 0 Å². The summed E-state index contributed by atoms with van der Waals surface area (Å²) in [6.45, 7) is 0. The van der Waals surface area contributed by atoms with Crippen LogP contribution in [0.3, 0.4) is 0 Å². The van der Waals surface area contributed by atoms with Gasteiger partial charge in [-0.25, -0.2) is 4.57 Å². The van der Waals surface area contributed by atoms with E-state index >= 15 is 0 Å². The molecule has 0 aliphatic rings. The molecule has 0 atom stereocenters. The minimum absolute atomic E-state index is 0. The van der Waals surface area contributed by atoms with Crippen molar-refractivity contribution in [1.29, 1.82) is 0 Å². The molecule has 0 aliphatic heterocycles. The molecule has 0 unspecified atom stereocenters. The fourth-order valence-electron chi connectivity index (χ4n) is 0. The molecule has 0 aliphatic carbocycles. The van der Waals surface area contributed by atoms with Crippen molar-refractivity contribution in [1.82, 2.24) is 0 Å². The van der Waals surface area contributed by atoms with E-state index < -0.39 is 16.9 Å².